The van der Waals surface area contributed by atoms with Gasteiger partial charge in [-0.1, -0.05) is 30.3 Å². The van der Waals surface area contributed by atoms with Gasteiger partial charge in [0.1, 0.15) is 18.0 Å². The van der Waals surface area contributed by atoms with Crippen molar-refractivity contribution in [2.45, 2.75) is 13.8 Å². The second kappa shape index (κ2) is 4.30. The fraction of sp³-hybridized carbons (Fsp3) is 0.188. The lowest BCUT2D eigenvalue weighted by molar-refractivity contribution is 0.372. The van der Waals surface area contributed by atoms with E-state index in [1.54, 1.807) is 0 Å². The Hall–Kier alpha value is -2.09. The van der Waals surface area contributed by atoms with E-state index in [1.165, 1.54) is 11.1 Å². The summed E-state index contributed by atoms with van der Waals surface area (Å²) in [5.41, 5.74) is 5.54. The summed E-state index contributed by atoms with van der Waals surface area (Å²) in [5.74, 6) is 0.887. The van der Waals surface area contributed by atoms with Gasteiger partial charge in [0.05, 0.1) is 5.71 Å². The lowest BCUT2D eigenvalue weighted by atomic mass is 10.1. The molecule has 0 fully saturated rings. The average Bonchev–Trinajstić information content (AvgIpc) is 2.41. The first-order valence-electron chi connectivity index (χ1n) is 6.11. The number of fused-ring (bicyclic) bond motifs is 1. The van der Waals surface area contributed by atoms with Crippen LogP contribution < -0.4 is 4.74 Å². The summed E-state index contributed by atoms with van der Waals surface area (Å²) in [7, 11) is 0. The van der Waals surface area contributed by atoms with Gasteiger partial charge in [-0.15, -0.1) is 0 Å². The van der Waals surface area contributed by atoms with Crippen LogP contribution in [0, 0.1) is 13.8 Å². The molecule has 2 heteroatoms. The van der Waals surface area contributed by atoms with E-state index in [0.717, 1.165) is 22.7 Å². The van der Waals surface area contributed by atoms with Crippen molar-refractivity contribution in [2.75, 3.05) is 6.61 Å². The number of hydrogen-bond donors (Lipinski definition) is 0. The minimum Gasteiger partial charge on any atom is -0.485 e. The summed E-state index contributed by atoms with van der Waals surface area (Å²) in [6.45, 7) is 4.73. The summed E-state index contributed by atoms with van der Waals surface area (Å²) >= 11 is 0. The van der Waals surface area contributed by atoms with Gasteiger partial charge in [0.15, 0.2) is 0 Å². The molecule has 0 radical (unpaired) electrons. The molecule has 0 N–H and O–H groups in total. The average molecular weight is 237 g/mol. The van der Waals surface area contributed by atoms with Crippen LogP contribution in [0.2, 0.25) is 0 Å². The third-order valence-corrected chi connectivity index (χ3v) is 3.30. The molecule has 0 aliphatic carbocycles. The van der Waals surface area contributed by atoms with E-state index >= 15 is 0 Å². The highest BCUT2D eigenvalue weighted by Gasteiger charge is 2.15. The molecular weight excluding hydrogens is 222 g/mol. The highest BCUT2D eigenvalue weighted by molar-refractivity contribution is 6.04. The van der Waals surface area contributed by atoms with E-state index in [9.17, 15) is 0 Å². The maximum Gasteiger partial charge on any atom is 0.145 e. The highest BCUT2D eigenvalue weighted by Crippen LogP contribution is 2.34. The van der Waals surface area contributed by atoms with Crippen LogP contribution in [0.4, 0.5) is 5.69 Å². The summed E-state index contributed by atoms with van der Waals surface area (Å²) in [6, 6.07) is 14.3. The largest absolute Gasteiger partial charge is 0.485 e. The van der Waals surface area contributed by atoms with Gasteiger partial charge >= 0.3 is 0 Å². The molecule has 1 aliphatic heterocycles. The molecule has 2 aromatic carbocycles. The molecule has 1 aliphatic rings. The second-order valence-electron chi connectivity index (χ2n) is 4.62. The summed E-state index contributed by atoms with van der Waals surface area (Å²) in [5, 5.41) is 0. The van der Waals surface area contributed by atoms with Gasteiger partial charge in [-0.25, -0.2) is 4.99 Å². The van der Waals surface area contributed by atoms with E-state index in [-0.39, 0.29) is 0 Å². The molecular formula is C16H15NO. The molecule has 1 heterocycles. The molecule has 0 aromatic heterocycles. The Balaban J connectivity index is 2.06. The van der Waals surface area contributed by atoms with Crippen LogP contribution in [0.3, 0.4) is 0 Å². The molecule has 0 saturated heterocycles. The standard InChI is InChI=1S/C16H15NO/c1-11-8-14-16(9-12(11)2)18-10-15(17-14)13-6-4-3-5-7-13/h3-9H,10H2,1-2H3. The van der Waals surface area contributed by atoms with Gasteiger partial charge in [-0.05, 0) is 42.7 Å². The third kappa shape index (κ3) is 1.90. The number of aliphatic imine (C=N–C) groups is 1. The number of nitrogens with zero attached hydrogens (tertiary/aromatic N) is 1. The van der Waals surface area contributed by atoms with Gasteiger partial charge in [-0.3, -0.25) is 0 Å². The van der Waals surface area contributed by atoms with Crippen LogP contribution in [0.5, 0.6) is 5.75 Å². The number of hydrogen-bond acceptors (Lipinski definition) is 2. The SMILES string of the molecule is Cc1cc2c(cc1C)OCC(c1ccccc1)=N2. The highest BCUT2D eigenvalue weighted by atomic mass is 16.5. The zero-order chi connectivity index (χ0) is 12.5. The monoisotopic (exact) mass is 237 g/mol. The Morgan fingerprint density at radius 2 is 1.72 bits per heavy atom. The van der Waals surface area contributed by atoms with Gasteiger partial charge in [0.25, 0.3) is 0 Å². The Kier molecular flexibility index (Phi) is 2.63. The Morgan fingerprint density at radius 1 is 1.00 bits per heavy atom. The van der Waals surface area contributed by atoms with Crippen LogP contribution in [-0.4, -0.2) is 12.3 Å². The van der Waals surface area contributed by atoms with E-state index in [4.69, 9.17) is 9.73 Å². The van der Waals surface area contributed by atoms with Crippen molar-refractivity contribution < 1.29 is 4.74 Å². The molecule has 3 rings (SSSR count). The number of aryl methyl sites for hydroxylation is 2. The van der Waals surface area contributed by atoms with Crippen LogP contribution in [0.25, 0.3) is 0 Å². The molecule has 0 bridgehead atoms. The number of ether oxygens (including phenoxy) is 1. The molecule has 2 nitrogen and oxygen atoms in total. The minimum atomic E-state index is 0.541. The molecule has 0 atom stereocenters. The lowest BCUT2D eigenvalue weighted by Gasteiger charge is -2.18. The first kappa shape index (κ1) is 11.0. The fourth-order valence-electron chi connectivity index (χ4n) is 2.08. The Bertz CT molecular complexity index is 614. The maximum absolute atomic E-state index is 5.80. The molecule has 0 amide bonds. The topological polar surface area (TPSA) is 21.6 Å². The van der Waals surface area contributed by atoms with E-state index < -0.39 is 0 Å². The third-order valence-electron chi connectivity index (χ3n) is 3.30. The molecule has 0 saturated carbocycles. The maximum atomic E-state index is 5.80. The van der Waals surface area contributed by atoms with Crippen LogP contribution >= 0.6 is 0 Å². The number of rotatable bonds is 1. The van der Waals surface area contributed by atoms with Gasteiger partial charge in [-0.2, -0.15) is 0 Å². The van der Waals surface area contributed by atoms with Crippen molar-refractivity contribution in [3.63, 3.8) is 0 Å². The number of benzene rings is 2. The first-order valence-corrected chi connectivity index (χ1v) is 6.11. The summed E-state index contributed by atoms with van der Waals surface area (Å²) in [6.07, 6.45) is 0. The molecule has 18 heavy (non-hydrogen) atoms. The Labute approximate surface area is 107 Å². The lowest BCUT2D eigenvalue weighted by Crippen LogP contribution is -2.16. The molecule has 0 unspecified atom stereocenters. The summed E-state index contributed by atoms with van der Waals surface area (Å²) < 4.78 is 5.80. The van der Waals surface area contributed by atoms with Crippen LogP contribution in [0.15, 0.2) is 47.5 Å². The van der Waals surface area contributed by atoms with Crippen molar-refractivity contribution in [1.82, 2.24) is 0 Å². The Morgan fingerprint density at radius 3 is 2.50 bits per heavy atom. The van der Waals surface area contributed by atoms with Crippen molar-refractivity contribution in [3.8, 4) is 5.75 Å². The second-order valence-corrected chi connectivity index (χ2v) is 4.62. The van der Waals surface area contributed by atoms with E-state index in [1.807, 2.05) is 18.2 Å². The van der Waals surface area contributed by atoms with Crippen molar-refractivity contribution in [3.05, 3.63) is 59.2 Å². The smallest absolute Gasteiger partial charge is 0.145 e. The molecule has 90 valence electrons. The fourth-order valence-corrected chi connectivity index (χ4v) is 2.08. The normalized spacial score (nSPS) is 13.6. The predicted molar refractivity (Wildman–Crippen MR) is 74.1 cm³/mol. The van der Waals surface area contributed by atoms with Gasteiger partial charge < -0.3 is 4.74 Å². The van der Waals surface area contributed by atoms with Gasteiger partial charge in [0.2, 0.25) is 0 Å². The van der Waals surface area contributed by atoms with Crippen LogP contribution in [0.1, 0.15) is 16.7 Å². The van der Waals surface area contributed by atoms with Crippen molar-refractivity contribution in [2.24, 2.45) is 4.99 Å². The van der Waals surface area contributed by atoms with Crippen molar-refractivity contribution in [1.29, 1.82) is 0 Å². The van der Waals surface area contributed by atoms with Crippen molar-refractivity contribution >= 4 is 11.4 Å². The molecule has 2 aromatic rings. The van der Waals surface area contributed by atoms with Crippen LogP contribution in [-0.2, 0) is 0 Å². The minimum absolute atomic E-state index is 0.541. The zero-order valence-electron chi connectivity index (χ0n) is 10.6. The van der Waals surface area contributed by atoms with Gasteiger partial charge in [0, 0.05) is 0 Å². The zero-order valence-corrected chi connectivity index (χ0v) is 10.6. The first-order chi connectivity index (χ1) is 8.74. The molecule has 0 spiro atoms. The quantitative estimate of drug-likeness (QED) is 0.739. The predicted octanol–water partition coefficient (Wildman–Crippen LogP) is 3.82. The summed E-state index contributed by atoms with van der Waals surface area (Å²) in [4.78, 5) is 4.71. The van der Waals surface area contributed by atoms with E-state index in [0.29, 0.717) is 6.61 Å². The van der Waals surface area contributed by atoms with E-state index in [2.05, 4.69) is 38.1 Å².